The van der Waals surface area contributed by atoms with E-state index in [1.165, 1.54) is 25.7 Å². The van der Waals surface area contributed by atoms with E-state index >= 15 is 0 Å². The van der Waals surface area contributed by atoms with Gasteiger partial charge in [0.15, 0.2) is 0 Å². The van der Waals surface area contributed by atoms with Crippen LogP contribution in [0.3, 0.4) is 0 Å². The average molecular weight is 234 g/mol. The lowest BCUT2D eigenvalue weighted by Gasteiger charge is -2.26. The van der Waals surface area contributed by atoms with Crippen molar-refractivity contribution in [3.63, 3.8) is 0 Å². The van der Waals surface area contributed by atoms with Crippen LogP contribution in [0.4, 0.5) is 5.82 Å². The van der Waals surface area contributed by atoms with E-state index in [0.29, 0.717) is 12.4 Å². The highest BCUT2D eigenvalue weighted by molar-refractivity contribution is 5.37. The van der Waals surface area contributed by atoms with Gasteiger partial charge in [-0.05, 0) is 30.7 Å². The first kappa shape index (κ1) is 12.4. The van der Waals surface area contributed by atoms with Gasteiger partial charge in [0.2, 0.25) is 0 Å². The maximum Gasteiger partial charge on any atom is 0.128 e. The molecular formula is C14H22N2O. The van der Waals surface area contributed by atoms with Gasteiger partial charge in [0.25, 0.3) is 0 Å². The van der Waals surface area contributed by atoms with Gasteiger partial charge in [-0.15, -0.1) is 0 Å². The molecule has 1 aliphatic carbocycles. The van der Waals surface area contributed by atoms with Gasteiger partial charge < -0.3 is 10.5 Å². The number of nitrogens with zero attached hydrogens (tertiary/aromatic N) is 1. The standard InChI is InChI=1S/C14H22N2O/c1-11-4-2-5-12(8-11)9-17-10-13-6-3-7-16-14(13)15/h3,6-7,11-12H,2,4-5,8-10H2,1H3,(H2,15,16). The molecule has 3 nitrogen and oxygen atoms in total. The predicted octanol–water partition coefficient (Wildman–Crippen LogP) is 3.01. The topological polar surface area (TPSA) is 48.1 Å². The third kappa shape index (κ3) is 3.70. The zero-order chi connectivity index (χ0) is 12.1. The zero-order valence-electron chi connectivity index (χ0n) is 10.6. The summed E-state index contributed by atoms with van der Waals surface area (Å²) in [7, 11) is 0. The van der Waals surface area contributed by atoms with Crippen molar-refractivity contribution < 1.29 is 4.74 Å². The first-order valence-electron chi connectivity index (χ1n) is 6.53. The number of hydrogen-bond acceptors (Lipinski definition) is 3. The smallest absolute Gasteiger partial charge is 0.128 e. The molecule has 0 saturated heterocycles. The lowest BCUT2D eigenvalue weighted by Crippen LogP contribution is -2.18. The Labute approximate surface area is 103 Å². The lowest BCUT2D eigenvalue weighted by atomic mass is 9.83. The highest BCUT2D eigenvalue weighted by Gasteiger charge is 2.18. The minimum absolute atomic E-state index is 0.588. The number of anilines is 1. The number of pyridine rings is 1. The first-order chi connectivity index (χ1) is 8.25. The van der Waals surface area contributed by atoms with Crippen LogP contribution >= 0.6 is 0 Å². The number of nitrogen functional groups attached to an aromatic ring is 1. The van der Waals surface area contributed by atoms with E-state index in [1.807, 2.05) is 12.1 Å². The minimum Gasteiger partial charge on any atom is -0.383 e. The molecule has 1 aromatic rings. The van der Waals surface area contributed by atoms with Crippen LogP contribution in [0, 0.1) is 11.8 Å². The van der Waals surface area contributed by atoms with Crippen LogP contribution in [0.25, 0.3) is 0 Å². The molecule has 0 radical (unpaired) electrons. The van der Waals surface area contributed by atoms with Gasteiger partial charge in [-0.2, -0.15) is 0 Å². The van der Waals surface area contributed by atoms with E-state index < -0.39 is 0 Å². The maximum atomic E-state index is 5.77. The minimum atomic E-state index is 0.588. The Morgan fingerprint density at radius 1 is 1.47 bits per heavy atom. The molecule has 2 unspecified atom stereocenters. The van der Waals surface area contributed by atoms with Gasteiger partial charge in [-0.3, -0.25) is 0 Å². The summed E-state index contributed by atoms with van der Waals surface area (Å²) in [5.41, 5.74) is 6.77. The van der Waals surface area contributed by atoms with Crippen molar-refractivity contribution in [2.45, 2.75) is 39.2 Å². The number of ether oxygens (including phenoxy) is 1. The number of rotatable bonds is 4. The molecule has 2 atom stereocenters. The highest BCUT2D eigenvalue weighted by Crippen LogP contribution is 2.28. The van der Waals surface area contributed by atoms with Crippen LogP contribution in [0.1, 0.15) is 38.2 Å². The van der Waals surface area contributed by atoms with Crippen molar-refractivity contribution in [2.75, 3.05) is 12.3 Å². The summed E-state index contributed by atoms with van der Waals surface area (Å²) in [5.74, 6) is 2.18. The highest BCUT2D eigenvalue weighted by atomic mass is 16.5. The van der Waals surface area contributed by atoms with Crippen LogP contribution in [-0.4, -0.2) is 11.6 Å². The first-order valence-corrected chi connectivity index (χ1v) is 6.53. The molecule has 2 rings (SSSR count). The Bertz CT molecular complexity index is 354. The summed E-state index contributed by atoms with van der Waals surface area (Å²) in [4.78, 5) is 4.05. The van der Waals surface area contributed by atoms with E-state index in [2.05, 4.69) is 11.9 Å². The van der Waals surface area contributed by atoms with Gasteiger partial charge in [0, 0.05) is 18.4 Å². The third-order valence-electron chi connectivity index (χ3n) is 3.58. The summed E-state index contributed by atoms with van der Waals surface area (Å²) < 4.78 is 5.77. The molecule has 0 spiro atoms. The molecule has 2 N–H and O–H groups in total. The van der Waals surface area contributed by atoms with Crippen molar-refractivity contribution in [1.82, 2.24) is 4.98 Å². The summed E-state index contributed by atoms with van der Waals surface area (Å²) >= 11 is 0. The summed E-state index contributed by atoms with van der Waals surface area (Å²) in [6.45, 7) is 3.79. The zero-order valence-corrected chi connectivity index (χ0v) is 10.6. The van der Waals surface area contributed by atoms with E-state index in [9.17, 15) is 0 Å². The van der Waals surface area contributed by atoms with Crippen molar-refractivity contribution in [2.24, 2.45) is 11.8 Å². The normalized spacial score (nSPS) is 24.8. The number of aromatic nitrogens is 1. The van der Waals surface area contributed by atoms with Gasteiger partial charge in [-0.25, -0.2) is 4.98 Å². The van der Waals surface area contributed by atoms with E-state index in [0.717, 1.165) is 24.0 Å². The van der Waals surface area contributed by atoms with Crippen LogP contribution in [0.2, 0.25) is 0 Å². The number of nitrogens with two attached hydrogens (primary N) is 1. The molecule has 1 saturated carbocycles. The summed E-state index contributed by atoms with van der Waals surface area (Å²) in [6.07, 6.45) is 7.06. The Balaban J connectivity index is 1.74. The second-order valence-corrected chi connectivity index (χ2v) is 5.20. The van der Waals surface area contributed by atoms with Gasteiger partial charge in [0.1, 0.15) is 5.82 Å². The lowest BCUT2D eigenvalue weighted by molar-refractivity contribution is 0.0659. The van der Waals surface area contributed by atoms with E-state index in [1.54, 1.807) is 6.20 Å². The fourth-order valence-corrected chi connectivity index (χ4v) is 2.62. The fraction of sp³-hybridized carbons (Fsp3) is 0.643. The van der Waals surface area contributed by atoms with Gasteiger partial charge in [0.05, 0.1) is 6.61 Å². The Kier molecular flexibility index (Phi) is 4.37. The molecule has 0 amide bonds. The molecule has 0 aromatic carbocycles. The molecule has 1 aromatic heterocycles. The van der Waals surface area contributed by atoms with Crippen molar-refractivity contribution in [3.8, 4) is 0 Å². The SMILES string of the molecule is CC1CCCC(COCc2cccnc2N)C1. The van der Waals surface area contributed by atoms with Gasteiger partial charge >= 0.3 is 0 Å². The maximum absolute atomic E-state index is 5.77. The molecule has 0 bridgehead atoms. The van der Waals surface area contributed by atoms with E-state index in [-0.39, 0.29) is 0 Å². The Hall–Kier alpha value is -1.09. The molecule has 3 heteroatoms. The van der Waals surface area contributed by atoms with E-state index in [4.69, 9.17) is 10.5 Å². The second kappa shape index (κ2) is 6.01. The molecule has 1 aliphatic rings. The predicted molar refractivity (Wildman–Crippen MR) is 69.4 cm³/mol. The van der Waals surface area contributed by atoms with Crippen LogP contribution in [0.15, 0.2) is 18.3 Å². The molecule has 94 valence electrons. The third-order valence-corrected chi connectivity index (χ3v) is 3.58. The Morgan fingerprint density at radius 3 is 3.12 bits per heavy atom. The second-order valence-electron chi connectivity index (χ2n) is 5.20. The van der Waals surface area contributed by atoms with Crippen LogP contribution < -0.4 is 5.73 Å². The molecule has 0 aliphatic heterocycles. The Morgan fingerprint density at radius 2 is 2.35 bits per heavy atom. The molecule has 1 heterocycles. The van der Waals surface area contributed by atoms with Crippen molar-refractivity contribution in [1.29, 1.82) is 0 Å². The molecule has 17 heavy (non-hydrogen) atoms. The van der Waals surface area contributed by atoms with Crippen molar-refractivity contribution in [3.05, 3.63) is 23.9 Å². The monoisotopic (exact) mass is 234 g/mol. The van der Waals surface area contributed by atoms with Crippen molar-refractivity contribution >= 4 is 5.82 Å². The largest absolute Gasteiger partial charge is 0.383 e. The van der Waals surface area contributed by atoms with Gasteiger partial charge in [-0.1, -0.05) is 25.8 Å². The quantitative estimate of drug-likeness (QED) is 0.871. The summed E-state index contributed by atoms with van der Waals surface area (Å²) in [6, 6.07) is 3.88. The summed E-state index contributed by atoms with van der Waals surface area (Å²) in [5, 5.41) is 0. The average Bonchev–Trinajstić information content (AvgIpc) is 2.32. The fourth-order valence-electron chi connectivity index (χ4n) is 2.62. The van der Waals surface area contributed by atoms with Crippen LogP contribution in [-0.2, 0) is 11.3 Å². The molecule has 1 fully saturated rings. The molecular weight excluding hydrogens is 212 g/mol. The number of hydrogen-bond donors (Lipinski definition) is 1. The van der Waals surface area contributed by atoms with Crippen LogP contribution in [0.5, 0.6) is 0 Å².